The number of hydrogen-bond donors (Lipinski definition) is 0. The summed E-state index contributed by atoms with van der Waals surface area (Å²) in [5.74, 6) is 0.678. The fourth-order valence-electron chi connectivity index (χ4n) is 7.30. The summed E-state index contributed by atoms with van der Waals surface area (Å²) >= 11 is 0. The number of rotatable bonds is 7. The first kappa shape index (κ1) is 30.3. The molecule has 3 aromatic heterocycles. The van der Waals surface area contributed by atoms with E-state index in [-0.39, 0.29) is 0 Å². The van der Waals surface area contributed by atoms with Gasteiger partial charge in [0, 0.05) is 44.1 Å². The van der Waals surface area contributed by atoms with Gasteiger partial charge in [-0.25, -0.2) is 9.97 Å². The van der Waals surface area contributed by atoms with E-state index in [4.69, 9.17) is 9.97 Å². The first-order valence-corrected chi connectivity index (χ1v) is 17.2. The van der Waals surface area contributed by atoms with Gasteiger partial charge in [-0.15, -0.1) is 0 Å². The van der Waals surface area contributed by atoms with Crippen LogP contribution in [0.3, 0.4) is 0 Å². The number of benzene rings is 6. The quantitative estimate of drug-likeness (QED) is 0.160. The summed E-state index contributed by atoms with van der Waals surface area (Å²) in [6.07, 6.45) is 6.12. The van der Waals surface area contributed by atoms with Gasteiger partial charge in [0.1, 0.15) is 0 Å². The second-order valence-electron chi connectivity index (χ2n) is 12.8. The van der Waals surface area contributed by atoms with Crippen LogP contribution >= 0.6 is 0 Å². The molecular weight excluding hydrogens is 621 g/mol. The van der Waals surface area contributed by atoms with Crippen LogP contribution in [-0.4, -0.2) is 19.1 Å². The normalized spacial score (nSPS) is 12.3. The molecule has 51 heavy (non-hydrogen) atoms. The first-order valence-electron chi connectivity index (χ1n) is 17.2. The molecule has 0 amide bonds. The minimum atomic E-state index is 0.678. The molecule has 0 aliphatic rings. The summed E-state index contributed by atoms with van der Waals surface area (Å²) < 4.78 is 4.72. The lowest BCUT2D eigenvalue weighted by atomic mass is 10.1. The molecule has 4 nitrogen and oxygen atoms in total. The third-order valence-corrected chi connectivity index (χ3v) is 9.61. The molecule has 4 heteroatoms. The highest BCUT2D eigenvalue weighted by Crippen LogP contribution is 2.40. The number of para-hydroxylation sites is 3. The molecule has 6 aromatic carbocycles. The Balaban J connectivity index is 1.29. The van der Waals surface area contributed by atoms with Crippen molar-refractivity contribution in [2.45, 2.75) is 6.92 Å². The van der Waals surface area contributed by atoms with Crippen molar-refractivity contribution in [1.82, 2.24) is 19.1 Å². The van der Waals surface area contributed by atoms with Crippen molar-refractivity contribution in [3.8, 4) is 28.2 Å². The molecule has 0 saturated heterocycles. The van der Waals surface area contributed by atoms with E-state index in [1.54, 1.807) is 0 Å². The molecule has 0 bridgehead atoms. The highest BCUT2D eigenvalue weighted by molar-refractivity contribution is 6.19. The van der Waals surface area contributed by atoms with Crippen molar-refractivity contribution in [2.75, 3.05) is 0 Å². The first-order chi connectivity index (χ1) is 25.2. The predicted molar refractivity (Wildman–Crippen MR) is 215 cm³/mol. The average molecular weight is 655 g/mol. The standard InChI is InChI=1S/C47H34N4/c1-3-17-36(28-32(2)47-48-41(33-18-7-4-8-19-33)30-42(49-47)34-20-9-5-10-21-34)51-44-27-16-14-25-38(44)40-29-39-37-24-13-15-26-43(37)50(45(39)31-46(40)51)35-22-11-6-12-23-35/h3-31H,1H2,2H3/b32-28+,36-17+. The van der Waals surface area contributed by atoms with Crippen LogP contribution in [0.2, 0.25) is 0 Å². The molecule has 9 aromatic rings. The Labute approximate surface area is 296 Å². The molecule has 0 spiro atoms. The molecule has 0 unspecified atom stereocenters. The molecule has 0 fully saturated rings. The van der Waals surface area contributed by atoms with Crippen LogP contribution < -0.4 is 0 Å². The van der Waals surface area contributed by atoms with Crippen LogP contribution in [0.5, 0.6) is 0 Å². The molecule has 3 heterocycles. The van der Waals surface area contributed by atoms with E-state index in [9.17, 15) is 0 Å². The molecule has 0 atom stereocenters. The maximum absolute atomic E-state index is 5.11. The summed E-state index contributed by atoms with van der Waals surface area (Å²) in [7, 11) is 0. The molecule has 0 N–H and O–H groups in total. The van der Waals surface area contributed by atoms with Gasteiger partial charge in [0.15, 0.2) is 5.82 Å². The fourth-order valence-corrected chi connectivity index (χ4v) is 7.30. The van der Waals surface area contributed by atoms with Gasteiger partial charge in [0.2, 0.25) is 0 Å². The third-order valence-electron chi connectivity index (χ3n) is 9.61. The minimum absolute atomic E-state index is 0.678. The maximum Gasteiger partial charge on any atom is 0.156 e. The zero-order chi connectivity index (χ0) is 34.3. The SMILES string of the molecule is C=C/C=C(\C=C(/C)c1nc(-c2ccccc2)cc(-c2ccccc2)n1)n1c2ccccc2c2cc3c4ccccc4n(-c4ccccc4)c3cc21. The van der Waals surface area contributed by atoms with Crippen LogP contribution in [0.1, 0.15) is 12.7 Å². The Morgan fingerprint density at radius 1 is 0.529 bits per heavy atom. The van der Waals surface area contributed by atoms with Gasteiger partial charge in [-0.1, -0.05) is 128 Å². The molecule has 0 saturated carbocycles. The van der Waals surface area contributed by atoms with Gasteiger partial charge in [0.25, 0.3) is 0 Å². The summed E-state index contributed by atoms with van der Waals surface area (Å²) in [6, 6.07) is 55.3. The van der Waals surface area contributed by atoms with Crippen molar-refractivity contribution >= 4 is 54.9 Å². The third kappa shape index (κ3) is 5.25. The van der Waals surface area contributed by atoms with Crippen LogP contribution in [0.25, 0.3) is 83.1 Å². The smallest absolute Gasteiger partial charge is 0.156 e. The van der Waals surface area contributed by atoms with Crippen molar-refractivity contribution in [1.29, 1.82) is 0 Å². The maximum atomic E-state index is 5.11. The second-order valence-corrected chi connectivity index (χ2v) is 12.8. The average Bonchev–Trinajstić information content (AvgIpc) is 3.69. The summed E-state index contributed by atoms with van der Waals surface area (Å²) in [5.41, 5.74) is 11.5. The van der Waals surface area contributed by atoms with E-state index in [1.165, 1.54) is 27.1 Å². The van der Waals surface area contributed by atoms with Crippen molar-refractivity contribution in [3.63, 3.8) is 0 Å². The van der Waals surface area contributed by atoms with E-state index in [2.05, 4.69) is 156 Å². The van der Waals surface area contributed by atoms with E-state index in [0.717, 1.165) is 56.0 Å². The largest absolute Gasteiger partial charge is 0.309 e. The monoisotopic (exact) mass is 654 g/mol. The Kier molecular flexibility index (Phi) is 7.48. The summed E-state index contributed by atoms with van der Waals surface area (Å²) in [4.78, 5) is 10.2. The van der Waals surface area contributed by atoms with E-state index < -0.39 is 0 Å². The number of fused-ring (bicyclic) bond motifs is 6. The Hall–Kier alpha value is -6.78. The summed E-state index contributed by atoms with van der Waals surface area (Å²) in [5, 5.41) is 4.85. The highest BCUT2D eigenvalue weighted by Gasteiger charge is 2.19. The lowest BCUT2D eigenvalue weighted by Gasteiger charge is -2.13. The van der Waals surface area contributed by atoms with Gasteiger partial charge in [-0.3, -0.25) is 0 Å². The second kappa shape index (κ2) is 12.6. The van der Waals surface area contributed by atoms with Crippen LogP contribution in [0, 0.1) is 0 Å². The van der Waals surface area contributed by atoms with Gasteiger partial charge in [0.05, 0.1) is 33.5 Å². The van der Waals surface area contributed by atoms with E-state index >= 15 is 0 Å². The summed E-state index contributed by atoms with van der Waals surface area (Å²) in [6.45, 7) is 6.23. The van der Waals surface area contributed by atoms with Crippen molar-refractivity contribution < 1.29 is 0 Å². The van der Waals surface area contributed by atoms with Crippen molar-refractivity contribution in [3.05, 3.63) is 188 Å². The van der Waals surface area contributed by atoms with Crippen LogP contribution in [-0.2, 0) is 0 Å². The van der Waals surface area contributed by atoms with Gasteiger partial charge < -0.3 is 9.13 Å². The van der Waals surface area contributed by atoms with Gasteiger partial charge >= 0.3 is 0 Å². The molecular formula is C47H34N4. The highest BCUT2D eigenvalue weighted by atomic mass is 15.0. The molecule has 0 aliphatic heterocycles. The van der Waals surface area contributed by atoms with Gasteiger partial charge in [-0.2, -0.15) is 0 Å². The van der Waals surface area contributed by atoms with Crippen LogP contribution in [0.15, 0.2) is 183 Å². The Bertz CT molecular complexity index is 2740. The lowest BCUT2D eigenvalue weighted by molar-refractivity contribution is 1.12. The molecule has 0 aliphatic carbocycles. The number of allylic oxidation sites excluding steroid dienone is 5. The number of aromatic nitrogens is 4. The van der Waals surface area contributed by atoms with E-state index in [0.29, 0.717) is 5.82 Å². The Morgan fingerprint density at radius 2 is 1.06 bits per heavy atom. The molecule has 242 valence electrons. The zero-order valence-corrected chi connectivity index (χ0v) is 28.2. The molecule has 9 rings (SSSR count). The topological polar surface area (TPSA) is 35.6 Å². The van der Waals surface area contributed by atoms with Gasteiger partial charge in [-0.05, 0) is 67.1 Å². The molecule has 0 radical (unpaired) electrons. The zero-order valence-electron chi connectivity index (χ0n) is 28.2. The van der Waals surface area contributed by atoms with Crippen molar-refractivity contribution in [2.24, 2.45) is 0 Å². The lowest BCUT2D eigenvalue weighted by Crippen LogP contribution is -2.00. The van der Waals surface area contributed by atoms with E-state index in [1.807, 2.05) is 42.5 Å². The minimum Gasteiger partial charge on any atom is -0.309 e. The van der Waals surface area contributed by atoms with Crippen LogP contribution in [0.4, 0.5) is 0 Å². The fraction of sp³-hybridized carbons (Fsp3) is 0.0213. The predicted octanol–water partition coefficient (Wildman–Crippen LogP) is 12.1. The Morgan fingerprint density at radius 3 is 1.69 bits per heavy atom. The number of hydrogen-bond acceptors (Lipinski definition) is 2. The number of nitrogens with zero attached hydrogens (tertiary/aromatic N) is 4.